The smallest absolute Gasteiger partial charge is 0.222 e. The zero-order valence-corrected chi connectivity index (χ0v) is 14.6. The number of hydrogen-bond donors (Lipinski definition) is 0. The molecule has 0 radical (unpaired) electrons. The van der Waals surface area contributed by atoms with E-state index in [-0.39, 0.29) is 5.91 Å². The first-order valence-electron chi connectivity index (χ1n) is 8.77. The average Bonchev–Trinajstić information content (AvgIpc) is 2.93. The number of amides is 1. The first-order chi connectivity index (χ1) is 11.6. The second kappa shape index (κ2) is 7.60. The highest BCUT2D eigenvalue weighted by atomic mass is 16.2. The molecule has 1 aliphatic heterocycles. The van der Waals surface area contributed by atoms with Crippen LogP contribution in [0.3, 0.4) is 0 Å². The maximum Gasteiger partial charge on any atom is 0.222 e. The summed E-state index contributed by atoms with van der Waals surface area (Å²) in [5.74, 6) is 0.956. The van der Waals surface area contributed by atoms with Gasteiger partial charge in [-0.1, -0.05) is 0 Å². The number of hydrogen-bond acceptors (Lipinski definition) is 3. The molecule has 128 valence electrons. The Morgan fingerprint density at radius 3 is 2.58 bits per heavy atom. The molecule has 24 heavy (non-hydrogen) atoms. The van der Waals surface area contributed by atoms with Crippen LogP contribution in [0.25, 0.3) is 0 Å². The number of pyridine rings is 1. The summed E-state index contributed by atoms with van der Waals surface area (Å²) in [6.45, 7) is 3.83. The van der Waals surface area contributed by atoms with E-state index in [1.165, 1.54) is 11.1 Å². The zero-order valence-electron chi connectivity index (χ0n) is 14.6. The lowest BCUT2D eigenvalue weighted by Crippen LogP contribution is -2.39. The van der Waals surface area contributed by atoms with Gasteiger partial charge in [0, 0.05) is 44.6 Å². The molecule has 0 bridgehead atoms. The fraction of sp³-hybridized carbons (Fsp3) is 0.526. The summed E-state index contributed by atoms with van der Waals surface area (Å²) in [5, 5.41) is 4.24. The van der Waals surface area contributed by atoms with E-state index in [9.17, 15) is 4.79 Å². The van der Waals surface area contributed by atoms with Crippen molar-refractivity contribution in [3.63, 3.8) is 0 Å². The molecule has 5 nitrogen and oxygen atoms in total. The van der Waals surface area contributed by atoms with Crippen molar-refractivity contribution in [1.29, 1.82) is 0 Å². The third kappa shape index (κ3) is 4.02. The molecule has 1 amide bonds. The Morgan fingerprint density at radius 2 is 1.96 bits per heavy atom. The number of piperidine rings is 1. The van der Waals surface area contributed by atoms with E-state index in [4.69, 9.17) is 0 Å². The summed E-state index contributed by atoms with van der Waals surface area (Å²) in [6, 6.07) is 4.18. The van der Waals surface area contributed by atoms with E-state index in [0.29, 0.717) is 12.3 Å². The molecule has 0 aliphatic carbocycles. The van der Waals surface area contributed by atoms with E-state index in [2.05, 4.69) is 29.1 Å². The molecule has 0 spiro atoms. The number of aryl methyl sites for hydroxylation is 2. The number of carbonyl (C=O) groups excluding carboxylic acids is 1. The van der Waals surface area contributed by atoms with Crippen LogP contribution >= 0.6 is 0 Å². The maximum atomic E-state index is 12.4. The van der Waals surface area contributed by atoms with Crippen molar-refractivity contribution in [3.8, 4) is 0 Å². The van der Waals surface area contributed by atoms with Crippen molar-refractivity contribution in [2.24, 2.45) is 13.0 Å². The standard InChI is InChI=1S/C19H26N4O/c1-15-18(14-21-22(15)2)3-4-19(24)23-11-7-17(8-12-23)13-16-5-9-20-10-6-16/h5-6,9-10,14,17H,3-4,7-8,11-13H2,1-2H3. The molecular formula is C19H26N4O. The molecule has 0 unspecified atom stereocenters. The molecule has 5 heteroatoms. The van der Waals surface area contributed by atoms with Crippen LogP contribution in [0.1, 0.15) is 36.1 Å². The van der Waals surface area contributed by atoms with Crippen LogP contribution in [0.5, 0.6) is 0 Å². The maximum absolute atomic E-state index is 12.4. The Balaban J connectivity index is 1.44. The van der Waals surface area contributed by atoms with Crippen molar-refractivity contribution in [1.82, 2.24) is 19.7 Å². The minimum absolute atomic E-state index is 0.278. The highest BCUT2D eigenvalue weighted by Crippen LogP contribution is 2.22. The summed E-state index contributed by atoms with van der Waals surface area (Å²) >= 11 is 0. The van der Waals surface area contributed by atoms with Gasteiger partial charge in [0.05, 0.1) is 6.20 Å². The van der Waals surface area contributed by atoms with Gasteiger partial charge in [-0.2, -0.15) is 5.10 Å². The first-order valence-corrected chi connectivity index (χ1v) is 8.77. The van der Waals surface area contributed by atoms with Crippen molar-refractivity contribution in [2.75, 3.05) is 13.1 Å². The Hall–Kier alpha value is -2.17. The SMILES string of the molecule is Cc1c(CCC(=O)N2CCC(Cc3ccncc3)CC2)cnn1C. The second-order valence-electron chi connectivity index (χ2n) is 6.76. The molecule has 2 aromatic rings. The third-order valence-corrected chi connectivity index (χ3v) is 5.19. The molecule has 0 saturated carbocycles. The van der Waals surface area contributed by atoms with Gasteiger partial charge in [0.1, 0.15) is 0 Å². The number of carbonyl (C=O) groups is 1. The molecule has 0 atom stereocenters. The van der Waals surface area contributed by atoms with Crippen LogP contribution in [-0.2, 0) is 24.7 Å². The van der Waals surface area contributed by atoms with E-state index in [0.717, 1.165) is 44.5 Å². The molecule has 1 saturated heterocycles. The Kier molecular flexibility index (Phi) is 5.28. The first kappa shape index (κ1) is 16.7. The number of rotatable bonds is 5. The highest BCUT2D eigenvalue weighted by Gasteiger charge is 2.23. The summed E-state index contributed by atoms with van der Waals surface area (Å²) in [5.41, 5.74) is 3.68. The van der Waals surface area contributed by atoms with Crippen molar-refractivity contribution < 1.29 is 4.79 Å². The number of nitrogens with zero attached hydrogens (tertiary/aromatic N) is 4. The largest absolute Gasteiger partial charge is 0.343 e. The van der Waals surface area contributed by atoms with Gasteiger partial charge >= 0.3 is 0 Å². The normalized spacial score (nSPS) is 15.7. The van der Waals surface area contributed by atoms with Crippen LogP contribution in [0.2, 0.25) is 0 Å². The lowest BCUT2D eigenvalue weighted by molar-refractivity contribution is -0.132. The molecule has 3 heterocycles. The van der Waals surface area contributed by atoms with E-state index in [1.54, 1.807) is 0 Å². The van der Waals surface area contributed by atoms with Crippen LogP contribution < -0.4 is 0 Å². The molecule has 0 aromatic carbocycles. The minimum atomic E-state index is 0.278. The number of likely N-dealkylation sites (tertiary alicyclic amines) is 1. The Bertz CT molecular complexity index is 672. The highest BCUT2D eigenvalue weighted by molar-refractivity contribution is 5.76. The van der Waals surface area contributed by atoms with Crippen LogP contribution in [0, 0.1) is 12.8 Å². The quantitative estimate of drug-likeness (QED) is 0.848. The van der Waals surface area contributed by atoms with E-state index in [1.807, 2.05) is 35.2 Å². The van der Waals surface area contributed by atoms with Gasteiger partial charge in [-0.3, -0.25) is 14.5 Å². The topological polar surface area (TPSA) is 51.0 Å². The number of aromatic nitrogens is 3. The van der Waals surface area contributed by atoms with Gasteiger partial charge in [0.25, 0.3) is 0 Å². The van der Waals surface area contributed by atoms with Crippen LogP contribution in [0.4, 0.5) is 0 Å². The van der Waals surface area contributed by atoms with Gasteiger partial charge < -0.3 is 4.90 Å². The molecule has 3 rings (SSSR count). The Morgan fingerprint density at radius 1 is 1.25 bits per heavy atom. The lowest BCUT2D eigenvalue weighted by atomic mass is 9.90. The minimum Gasteiger partial charge on any atom is -0.343 e. The van der Waals surface area contributed by atoms with E-state index >= 15 is 0 Å². The van der Waals surface area contributed by atoms with Crippen molar-refractivity contribution >= 4 is 5.91 Å². The molecular weight excluding hydrogens is 300 g/mol. The molecule has 0 N–H and O–H groups in total. The fourth-order valence-corrected chi connectivity index (χ4v) is 3.43. The zero-order chi connectivity index (χ0) is 16.9. The van der Waals surface area contributed by atoms with Crippen LogP contribution in [0.15, 0.2) is 30.7 Å². The van der Waals surface area contributed by atoms with Crippen LogP contribution in [-0.4, -0.2) is 38.7 Å². The summed E-state index contributed by atoms with van der Waals surface area (Å²) in [6.07, 6.45) is 10.3. The summed E-state index contributed by atoms with van der Waals surface area (Å²) < 4.78 is 1.87. The molecule has 1 aliphatic rings. The second-order valence-corrected chi connectivity index (χ2v) is 6.76. The fourth-order valence-electron chi connectivity index (χ4n) is 3.43. The van der Waals surface area contributed by atoms with Crippen molar-refractivity contribution in [2.45, 2.75) is 39.0 Å². The summed E-state index contributed by atoms with van der Waals surface area (Å²) in [7, 11) is 1.94. The molecule has 2 aromatic heterocycles. The van der Waals surface area contributed by atoms with Gasteiger partial charge in [-0.25, -0.2) is 0 Å². The molecule has 1 fully saturated rings. The third-order valence-electron chi connectivity index (χ3n) is 5.19. The van der Waals surface area contributed by atoms with Gasteiger partial charge in [-0.05, 0) is 61.8 Å². The van der Waals surface area contributed by atoms with Gasteiger partial charge in [0.2, 0.25) is 5.91 Å². The van der Waals surface area contributed by atoms with Gasteiger partial charge in [-0.15, -0.1) is 0 Å². The van der Waals surface area contributed by atoms with Gasteiger partial charge in [0.15, 0.2) is 0 Å². The summed E-state index contributed by atoms with van der Waals surface area (Å²) in [4.78, 5) is 18.5. The monoisotopic (exact) mass is 326 g/mol. The average molecular weight is 326 g/mol. The van der Waals surface area contributed by atoms with E-state index < -0.39 is 0 Å². The lowest BCUT2D eigenvalue weighted by Gasteiger charge is -2.32. The predicted octanol–water partition coefficient (Wildman–Crippen LogP) is 2.54. The Labute approximate surface area is 143 Å². The van der Waals surface area contributed by atoms with Crippen molar-refractivity contribution in [3.05, 3.63) is 47.5 Å². The predicted molar refractivity (Wildman–Crippen MR) is 93.5 cm³/mol.